The lowest BCUT2D eigenvalue weighted by molar-refractivity contribution is 0.0945. The van der Waals surface area contributed by atoms with Crippen LogP contribution in [0.2, 0.25) is 0 Å². The molecule has 0 bridgehead atoms. The zero-order chi connectivity index (χ0) is 26.6. The predicted octanol–water partition coefficient (Wildman–Crippen LogP) is 4.42. The zero-order valence-corrected chi connectivity index (χ0v) is 22.1. The molecule has 3 heterocycles. The summed E-state index contributed by atoms with van der Waals surface area (Å²) < 4.78 is 11.8. The Bertz CT molecular complexity index is 1160. The van der Waals surface area contributed by atoms with Crippen LogP contribution in [0.5, 0.6) is 11.5 Å². The molecular formula is C26H30N6O4S. The van der Waals surface area contributed by atoms with E-state index >= 15 is 0 Å². The Morgan fingerprint density at radius 2 is 1.22 bits per heavy atom. The van der Waals surface area contributed by atoms with Crippen molar-refractivity contribution in [3.8, 4) is 11.5 Å². The fourth-order valence-electron chi connectivity index (χ4n) is 3.01. The molecule has 0 aliphatic carbocycles. The summed E-state index contributed by atoms with van der Waals surface area (Å²) in [6, 6.07) is 10.8. The molecule has 0 spiro atoms. The van der Waals surface area contributed by atoms with Crippen LogP contribution in [-0.2, 0) is 0 Å². The molecule has 194 valence electrons. The molecule has 0 radical (unpaired) electrons. The van der Waals surface area contributed by atoms with E-state index in [1.165, 1.54) is 0 Å². The molecule has 3 rings (SSSR count). The Balaban J connectivity index is 1.91. The average molecular weight is 523 g/mol. The van der Waals surface area contributed by atoms with Crippen molar-refractivity contribution in [3.05, 3.63) is 69.9 Å². The van der Waals surface area contributed by atoms with Gasteiger partial charge in [0.05, 0.1) is 36.0 Å². The lowest BCUT2D eigenvalue weighted by atomic mass is 10.3. The number of carbonyl (C=O) groups excluding carboxylic acids is 2. The lowest BCUT2D eigenvalue weighted by Gasteiger charge is -2.11. The first-order valence-electron chi connectivity index (χ1n) is 11.9. The largest absolute Gasteiger partial charge is 0.488 e. The maximum Gasteiger partial charge on any atom is 0.285 e. The number of hydrogen-bond acceptors (Lipinski definition) is 9. The van der Waals surface area contributed by atoms with Gasteiger partial charge in [-0.25, -0.2) is 10.9 Å². The summed E-state index contributed by atoms with van der Waals surface area (Å²) in [7, 11) is 0. The topological polar surface area (TPSA) is 127 Å². The standard InChI is InChI=1S/C26H30N6O4S/c1-5-15-35-21-22(36-16-6-2)24(26(34)32-30-18(4)20-12-8-10-14-28-20)37-23(21)25(33)31-29-17(3)19-11-7-9-13-27-19/h7-14H,5-6,15-16H2,1-4H3,(H,31,33)(H,32,34)/b29-17+,30-18+. The highest BCUT2D eigenvalue weighted by atomic mass is 32.1. The summed E-state index contributed by atoms with van der Waals surface area (Å²) in [6.07, 6.45) is 4.70. The fourth-order valence-corrected chi connectivity index (χ4v) is 3.98. The molecule has 0 saturated heterocycles. The van der Waals surface area contributed by atoms with Crippen molar-refractivity contribution >= 4 is 34.6 Å². The van der Waals surface area contributed by atoms with Crippen molar-refractivity contribution < 1.29 is 19.1 Å². The van der Waals surface area contributed by atoms with Crippen LogP contribution in [0.3, 0.4) is 0 Å². The van der Waals surface area contributed by atoms with E-state index < -0.39 is 11.8 Å². The second-order valence-electron chi connectivity index (χ2n) is 7.82. The number of hydrogen-bond donors (Lipinski definition) is 2. The number of nitrogens with zero attached hydrogens (tertiary/aromatic N) is 4. The maximum absolute atomic E-state index is 13.1. The van der Waals surface area contributed by atoms with E-state index in [1.807, 2.05) is 26.0 Å². The maximum atomic E-state index is 13.1. The molecular weight excluding hydrogens is 492 g/mol. The number of ether oxygens (including phenoxy) is 2. The van der Waals surface area contributed by atoms with E-state index in [9.17, 15) is 9.59 Å². The smallest absolute Gasteiger partial charge is 0.285 e. The Morgan fingerprint density at radius 1 is 0.784 bits per heavy atom. The molecule has 10 nitrogen and oxygen atoms in total. The second kappa shape index (κ2) is 13.8. The van der Waals surface area contributed by atoms with Gasteiger partial charge in [-0.3, -0.25) is 19.6 Å². The monoisotopic (exact) mass is 522 g/mol. The first kappa shape index (κ1) is 27.5. The number of aromatic nitrogens is 2. The zero-order valence-electron chi connectivity index (χ0n) is 21.3. The van der Waals surface area contributed by atoms with Crippen molar-refractivity contribution in [2.24, 2.45) is 10.2 Å². The molecule has 0 aliphatic rings. The van der Waals surface area contributed by atoms with E-state index in [0.717, 1.165) is 11.3 Å². The molecule has 0 aliphatic heterocycles. The van der Waals surface area contributed by atoms with Gasteiger partial charge in [0.15, 0.2) is 11.5 Å². The van der Waals surface area contributed by atoms with Gasteiger partial charge >= 0.3 is 0 Å². The Hall–Kier alpha value is -4.12. The van der Waals surface area contributed by atoms with Crippen molar-refractivity contribution in [1.82, 2.24) is 20.8 Å². The first-order valence-corrected chi connectivity index (χ1v) is 12.7. The third kappa shape index (κ3) is 7.43. The minimum Gasteiger partial charge on any atom is -0.488 e. The predicted molar refractivity (Wildman–Crippen MR) is 144 cm³/mol. The highest BCUT2D eigenvalue weighted by Gasteiger charge is 2.29. The van der Waals surface area contributed by atoms with Crippen LogP contribution in [0.15, 0.2) is 59.0 Å². The number of rotatable bonds is 12. The highest BCUT2D eigenvalue weighted by Crippen LogP contribution is 2.42. The van der Waals surface area contributed by atoms with Crippen LogP contribution >= 0.6 is 11.3 Å². The van der Waals surface area contributed by atoms with Gasteiger partial charge < -0.3 is 9.47 Å². The average Bonchev–Trinajstić information content (AvgIpc) is 3.31. The molecule has 37 heavy (non-hydrogen) atoms. The van der Waals surface area contributed by atoms with E-state index in [0.29, 0.717) is 48.9 Å². The quantitative estimate of drug-likeness (QED) is 0.268. The molecule has 3 aromatic rings. The summed E-state index contributed by atoms with van der Waals surface area (Å²) in [6.45, 7) is 8.05. The SMILES string of the molecule is CCCOc1c(C(=O)N/N=C(\C)c2ccccn2)sc(C(=O)N/N=C(\C)c2ccccn2)c1OCCC. The van der Waals surface area contributed by atoms with E-state index in [-0.39, 0.29) is 21.3 Å². The summed E-state index contributed by atoms with van der Waals surface area (Å²) in [5.41, 5.74) is 7.39. The number of pyridine rings is 2. The highest BCUT2D eigenvalue weighted by molar-refractivity contribution is 7.16. The van der Waals surface area contributed by atoms with Gasteiger partial charge in [0.1, 0.15) is 9.75 Å². The van der Waals surface area contributed by atoms with E-state index in [1.54, 1.807) is 50.5 Å². The van der Waals surface area contributed by atoms with Crippen molar-refractivity contribution in [3.63, 3.8) is 0 Å². The minimum atomic E-state index is -0.528. The van der Waals surface area contributed by atoms with Crippen molar-refractivity contribution in [2.45, 2.75) is 40.5 Å². The Labute approximate surface area is 219 Å². The second-order valence-corrected chi connectivity index (χ2v) is 8.84. The van der Waals surface area contributed by atoms with Crippen LogP contribution in [0.1, 0.15) is 71.3 Å². The molecule has 0 atom stereocenters. The van der Waals surface area contributed by atoms with Gasteiger partial charge in [-0.15, -0.1) is 11.3 Å². The molecule has 2 amide bonds. The molecule has 0 unspecified atom stereocenters. The Kier molecular flexibility index (Phi) is 10.3. The number of hydrazone groups is 2. The molecule has 0 saturated carbocycles. The molecule has 2 N–H and O–H groups in total. The summed E-state index contributed by atoms with van der Waals surface area (Å²) in [5.74, 6) is -0.641. The van der Waals surface area contributed by atoms with Crippen molar-refractivity contribution in [1.29, 1.82) is 0 Å². The third-order valence-electron chi connectivity index (χ3n) is 4.86. The van der Waals surface area contributed by atoms with Crippen LogP contribution in [0.4, 0.5) is 0 Å². The summed E-state index contributed by atoms with van der Waals surface area (Å²) in [4.78, 5) is 35.1. The van der Waals surface area contributed by atoms with Crippen LogP contribution in [0.25, 0.3) is 0 Å². The normalized spacial score (nSPS) is 11.7. The van der Waals surface area contributed by atoms with Crippen LogP contribution < -0.4 is 20.3 Å². The van der Waals surface area contributed by atoms with E-state index in [2.05, 4.69) is 31.0 Å². The summed E-state index contributed by atoms with van der Waals surface area (Å²) in [5, 5.41) is 8.33. The Morgan fingerprint density at radius 3 is 1.57 bits per heavy atom. The van der Waals surface area contributed by atoms with Gasteiger partial charge in [-0.2, -0.15) is 10.2 Å². The number of amides is 2. The number of carbonyl (C=O) groups is 2. The van der Waals surface area contributed by atoms with Gasteiger partial charge in [-0.1, -0.05) is 26.0 Å². The summed E-state index contributed by atoms with van der Waals surface area (Å²) >= 11 is 0.954. The fraction of sp³-hybridized carbons (Fsp3) is 0.308. The van der Waals surface area contributed by atoms with Gasteiger partial charge in [0.2, 0.25) is 0 Å². The molecule has 0 fully saturated rings. The van der Waals surface area contributed by atoms with Gasteiger partial charge in [0, 0.05) is 12.4 Å². The third-order valence-corrected chi connectivity index (χ3v) is 6.01. The molecule has 3 aromatic heterocycles. The molecule has 11 heteroatoms. The lowest BCUT2D eigenvalue weighted by Crippen LogP contribution is -2.19. The number of nitrogens with one attached hydrogen (secondary N) is 2. The van der Waals surface area contributed by atoms with Crippen LogP contribution in [-0.4, -0.2) is 46.4 Å². The van der Waals surface area contributed by atoms with Gasteiger partial charge in [-0.05, 0) is 51.0 Å². The van der Waals surface area contributed by atoms with Gasteiger partial charge in [0.25, 0.3) is 11.8 Å². The van der Waals surface area contributed by atoms with Crippen LogP contribution in [0, 0.1) is 0 Å². The molecule has 0 aromatic carbocycles. The number of thiophene rings is 1. The minimum absolute atomic E-state index is 0.174. The van der Waals surface area contributed by atoms with Crippen molar-refractivity contribution in [2.75, 3.05) is 13.2 Å². The first-order chi connectivity index (χ1) is 18.0. The van der Waals surface area contributed by atoms with E-state index in [4.69, 9.17) is 9.47 Å².